The number of carbonyl (C=O) groups excluding carboxylic acids is 1. The average Bonchev–Trinajstić information content (AvgIpc) is 2.21. The summed E-state index contributed by atoms with van der Waals surface area (Å²) in [5.41, 5.74) is 0. The Bertz CT molecular complexity index is 275. The molecule has 0 amide bonds. The van der Waals surface area contributed by atoms with Gasteiger partial charge in [0.2, 0.25) is 0 Å². The first-order valence-corrected chi connectivity index (χ1v) is 10.3. The van der Waals surface area contributed by atoms with Crippen molar-refractivity contribution in [2.24, 2.45) is 0 Å². The fraction of sp³-hybridized carbons (Fsp3) is 0.900. The number of hydrogen-bond donors (Lipinski definition) is 1. The first-order valence-electron chi connectivity index (χ1n) is 5.24. The lowest BCUT2D eigenvalue weighted by atomic mass is 10.6. The van der Waals surface area contributed by atoms with Gasteiger partial charge in [-0.25, -0.2) is 8.42 Å². The minimum Gasteiger partial charge on any atom is -0.288 e. The van der Waals surface area contributed by atoms with Gasteiger partial charge in [0, 0.05) is 18.9 Å². The summed E-state index contributed by atoms with van der Waals surface area (Å²) in [6.45, 7) is 1.61. The van der Waals surface area contributed by atoms with E-state index in [1.165, 1.54) is 23.8 Å². The highest BCUT2D eigenvalue weighted by Gasteiger charge is 1.97. The largest absolute Gasteiger partial charge is 0.288 e. The molecule has 0 aliphatic heterocycles. The molecule has 0 atom stereocenters. The van der Waals surface area contributed by atoms with Gasteiger partial charge in [0.15, 0.2) is 5.12 Å². The first-order chi connectivity index (χ1) is 7.83. The van der Waals surface area contributed by atoms with Gasteiger partial charge in [0.25, 0.3) is 0 Å². The first kappa shape index (κ1) is 20.0. The number of carbonyl (C=O) groups is 1. The summed E-state index contributed by atoms with van der Waals surface area (Å²) in [6, 6.07) is 0. The second-order valence-corrected chi connectivity index (χ2v) is 8.36. The van der Waals surface area contributed by atoms with E-state index < -0.39 is 9.84 Å². The Balaban J connectivity index is 0. The van der Waals surface area contributed by atoms with Crippen molar-refractivity contribution in [2.75, 3.05) is 35.5 Å². The van der Waals surface area contributed by atoms with Crippen LogP contribution in [0.4, 0.5) is 0 Å². The van der Waals surface area contributed by atoms with Gasteiger partial charge in [-0.15, -0.1) is 0 Å². The Morgan fingerprint density at radius 3 is 2.12 bits per heavy atom. The molecule has 0 radical (unpaired) electrons. The predicted octanol–water partition coefficient (Wildman–Crippen LogP) is 2.37. The van der Waals surface area contributed by atoms with Crippen molar-refractivity contribution >= 4 is 51.1 Å². The van der Waals surface area contributed by atoms with Gasteiger partial charge in [0.05, 0.1) is 5.75 Å². The summed E-state index contributed by atoms with van der Waals surface area (Å²) in [5, 5.41) is 0.233. The summed E-state index contributed by atoms with van der Waals surface area (Å²) in [7, 11) is -2.74. The standard InChI is InChI=1S/C6H12OS2.C4H10O2S2/c1-6(7)9-5-3-4-8-2;1-8(5,6)4-2-3-7/h3-5H2,1-2H3;7H,2-4H2,1H3. The molecule has 0 aliphatic rings. The second-order valence-electron chi connectivity index (χ2n) is 3.39. The van der Waals surface area contributed by atoms with E-state index in [0.29, 0.717) is 12.2 Å². The van der Waals surface area contributed by atoms with Gasteiger partial charge in [-0.1, -0.05) is 11.8 Å². The monoisotopic (exact) mass is 318 g/mol. The molecule has 17 heavy (non-hydrogen) atoms. The van der Waals surface area contributed by atoms with Gasteiger partial charge in [-0.2, -0.15) is 24.4 Å². The molecule has 0 heterocycles. The van der Waals surface area contributed by atoms with Crippen LogP contribution in [0.1, 0.15) is 19.8 Å². The number of thioether (sulfide) groups is 2. The van der Waals surface area contributed by atoms with Crippen LogP contribution in [0, 0.1) is 0 Å². The van der Waals surface area contributed by atoms with Gasteiger partial charge in [-0.05, 0) is 30.6 Å². The highest BCUT2D eigenvalue weighted by atomic mass is 32.2. The van der Waals surface area contributed by atoms with E-state index in [4.69, 9.17) is 0 Å². The lowest BCUT2D eigenvalue weighted by molar-refractivity contribution is -0.109. The number of hydrogen-bond acceptors (Lipinski definition) is 6. The molecule has 0 saturated heterocycles. The Hall–Kier alpha value is 0.670. The van der Waals surface area contributed by atoms with Crippen LogP contribution in [0.15, 0.2) is 0 Å². The molecule has 0 aromatic rings. The molecular formula is C10H22O3S4. The Labute approximate surface area is 119 Å². The van der Waals surface area contributed by atoms with E-state index in [-0.39, 0.29) is 10.9 Å². The average molecular weight is 319 g/mol. The maximum absolute atomic E-state index is 10.4. The summed E-state index contributed by atoms with van der Waals surface area (Å²) in [4.78, 5) is 10.4. The van der Waals surface area contributed by atoms with Crippen LogP contribution >= 0.6 is 36.2 Å². The second kappa shape index (κ2) is 13.1. The number of rotatable bonds is 7. The molecular weight excluding hydrogens is 296 g/mol. The molecule has 0 N–H and O–H groups in total. The van der Waals surface area contributed by atoms with Crippen molar-refractivity contribution in [2.45, 2.75) is 19.8 Å². The SMILES string of the molecule is CS(=O)(=O)CCCS.CSCCCSC(C)=O. The summed E-state index contributed by atoms with van der Waals surface area (Å²) >= 11 is 7.12. The van der Waals surface area contributed by atoms with E-state index in [1.54, 1.807) is 6.92 Å². The fourth-order valence-electron chi connectivity index (χ4n) is 0.746. The third kappa shape index (κ3) is 26.3. The zero-order valence-electron chi connectivity index (χ0n) is 10.6. The van der Waals surface area contributed by atoms with Gasteiger partial charge >= 0.3 is 0 Å². The van der Waals surface area contributed by atoms with Crippen LogP contribution < -0.4 is 0 Å². The Morgan fingerprint density at radius 1 is 1.24 bits per heavy atom. The highest BCUT2D eigenvalue weighted by molar-refractivity contribution is 8.13. The summed E-state index contributed by atoms with van der Waals surface area (Å²) in [5.74, 6) is 3.06. The molecule has 0 unspecified atom stereocenters. The topological polar surface area (TPSA) is 51.2 Å². The molecule has 0 aliphatic carbocycles. The lowest BCUT2D eigenvalue weighted by Gasteiger charge is -1.93. The molecule has 0 aromatic carbocycles. The van der Waals surface area contributed by atoms with E-state index in [1.807, 2.05) is 11.8 Å². The third-order valence-corrected chi connectivity index (χ3v) is 4.41. The van der Waals surface area contributed by atoms with E-state index >= 15 is 0 Å². The zero-order chi connectivity index (χ0) is 13.7. The molecule has 0 aromatic heterocycles. The van der Waals surface area contributed by atoms with E-state index in [2.05, 4.69) is 18.9 Å². The van der Waals surface area contributed by atoms with Crippen molar-refractivity contribution < 1.29 is 13.2 Å². The number of thiol groups is 1. The highest BCUT2D eigenvalue weighted by Crippen LogP contribution is 2.05. The third-order valence-electron chi connectivity index (χ3n) is 1.47. The molecule has 0 fully saturated rings. The molecule has 0 saturated carbocycles. The van der Waals surface area contributed by atoms with Crippen molar-refractivity contribution in [1.82, 2.24) is 0 Å². The molecule has 104 valence electrons. The van der Waals surface area contributed by atoms with E-state index in [9.17, 15) is 13.2 Å². The van der Waals surface area contributed by atoms with E-state index in [0.717, 1.165) is 12.2 Å². The normalized spacial score (nSPS) is 10.6. The zero-order valence-corrected chi connectivity index (χ0v) is 14.0. The Morgan fingerprint density at radius 2 is 1.82 bits per heavy atom. The van der Waals surface area contributed by atoms with Gasteiger partial charge in [0.1, 0.15) is 9.84 Å². The van der Waals surface area contributed by atoms with Crippen LogP contribution in [0.25, 0.3) is 0 Å². The molecule has 0 bridgehead atoms. The van der Waals surface area contributed by atoms with Crippen molar-refractivity contribution in [1.29, 1.82) is 0 Å². The predicted molar refractivity (Wildman–Crippen MR) is 84.3 cm³/mol. The number of sulfone groups is 1. The molecule has 0 rings (SSSR count). The fourth-order valence-corrected chi connectivity index (χ4v) is 2.98. The lowest BCUT2D eigenvalue weighted by Crippen LogP contribution is -2.02. The summed E-state index contributed by atoms with van der Waals surface area (Å²) in [6.07, 6.45) is 5.11. The van der Waals surface area contributed by atoms with Crippen molar-refractivity contribution in [3.63, 3.8) is 0 Å². The van der Waals surface area contributed by atoms with Crippen LogP contribution in [-0.2, 0) is 14.6 Å². The van der Waals surface area contributed by atoms with Gasteiger partial charge in [-0.3, -0.25) is 4.79 Å². The smallest absolute Gasteiger partial charge is 0.185 e. The minimum atomic E-state index is -2.74. The van der Waals surface area contributed by atoms with Crippen molar-refractivity contribution in [3.05, 3.63) is 0 Å². The maximum atomic E-state index is 10.4. The molecule has 3 nitrogen and oxygen atoms in total. The van der Waals surface area contributed by atoms with Crippen LogP contribution in [-0.4, -0.2) is 49.1 Å². The van der Waals surface area contributed by atoms with Crippen molar-refractivity contribution in [3.8, 4) is 0 Å². The minimum absolute atomic E-state index is 0.233. The molecule has 7 heteroatoms. The van der Waals surface area contributed by atoms with Crippen LogP contribution in [0.2, 0.25) is 0 Å². The maximum Gasteiger partial charge on any atom is 0.185 e. The van der Waals surface area contributed by atoms with Crippen LogP contribution in [0.3, 0.4) is 0 Å². The van der Waals surface area contributed by atoms with Gasteiger partial charge < -0.3 is 0 Å². The Kier molecular flexibility index (Phi) is 15.4. The molecule has 0 spiro atoms. The van der Waals surface area contributed by atoms with Crippen LogP contribution in [0.5, 0.6) is 0 Å². The quantitative estimate of drug-likeness (QED) is 0.577. The summed E-state index contributed by atoms with van der Waals surface area (Å²) < 4.78 is 20.7.